The van der Waals surface area contributed by atoms with Crippen molar-refractivity contribution in [2.75, 3.05) is 24.7 Å². The normalized spacial score (nSPS) is 10.3. The zero-order valence-electron chi connectivity index (χ0n) is 14.0. The Morgan fingerprint density at radius 3 is 2.16 bits per heavy atom. The summed E-state index contributed by atoms with van der Waals surface area (Å²) in [5.41, 5.74) is 10.3. The zero-order chi connectivity index (χ0) is 18.0. The Hall–Kier alpha value is -3.39. The van der Waals surface area contributed by atoms with Crippen molar-refractivity contribution < 1.29 is 4.39 Å². The first-order valence-corrected chi connectivity index (χ1v) is 7.74. The fraction of sp³-hybridized carbons (Fsp3) is 0.100. The maximum Gasteiger partial charge on any atom is 0.142 e. The van der Waals surface area contributed by atoms with Gasteiger partial charge in [0.1, 0.15) is 23.3 Å². The molecular weight excluding hydrogens is 315 g/mol. The lowest BCUT2D eigenvalue weighted by Crippen LogP contribution is -2.08. The third-order valence-electron chi connectivity index (χ3n) is 3.99. The number of aromatic nitrogens is 1. The van der Waals surface area contributed by atoms with E-state index in [1.165, 1.54) is 12.1 Å². The molecule has 0 saturated carbocycles. The summed E-state index contributed by atoms with van der Waals surface area (Å²) in [6, 6.07) is 17.8. The smallest absolute Gasteiger partial charge is 0.142 e. The predicted molar refractivity (Wildman–Crippen MR) is 98.5 cm³/mol. The lowest BCUT2D eigenvalue weighted by atomic mass is 9.98. The minimum Gasteiger partial charge on any atom is -0.383 e. The number of nitriles is 1. The fourth-order valence-corrected chi connectivity index (χ4v) is 2.62. The molecule has 2 N–H and O–H groups in total. The highest BCUT2D eigenvalue weighted by Gasteiger charge is 2.13. The molecule has 0 amide bonds. The average Bonchev–Trinajstić information content (AvgIpc) is 2.61. The number of hydrogen-bond acceptors (Lipinski definition) is 4. The fourth-order valence-electron chi connectivity index (χ4n) is 2.62. The van der Waals surface area contributed by atoms with Gasteiger partial charge in [-0.1, -0.05) is 12.1 Å². The number of rotatable bonds is 3. The van der Waals surface area contributed by atoms with Crippen LogP contribution < -0.4 is 10.6 Å². The van der Waals surface area contributed by atoms with Crippen LogP contribution in [0.1, 0.15) is 5.56 Å². The van der Waals surface area contributed by atoms with Gasteiger partial charge < -0.3 is 10.6 Å². The van der Waals surface area contributed by atoms with Gasteiger partial charge in [0.25, 0.3) is 0 Å². The highest BCUT2D eigenvalue weighted by atomic mass is 19.1. The Morgan fingerprint density at radius 1 is 1.00 bits per heavy atom. The van der Waals surface area contributed by atoms with Crippen molar-refractivity contribution in [1.29, 1.82) is 5.26 Å². The first kappa shape index (κ1) is 16.5. The third-order valence-corrected chi connectivity index (χ3v) is 3.99. The van der Waals surface area contributed by atoms with E-state index in [-0.39, 0.29) is 11.6 Å². The quantitative estimate of drug-likeness (QED) is 0.785. The van der Waals surface area contributed by atoms with Crippen molar-refractivity contribution in [3.63, 3.8) is 0 Å². The van der Waals surface area contributed by atoms with Crippen molar-refractivity contribution in [1.82, 2.24) is 4.98 Å². The highest BCUT2D eigenvalue weighted by molar-refractivity contribution is 5.80. The summed E-state index contributed by atoms with van der Waals surface area (Å²) in [5, 5.41) is 9.47. The van der Waals surface area contributed by atoms with E-state index in [2.05, 4.69) is 11.1 Å². The lowest BCUT2D eigenvalue weighted by molar-refractivity contribution is 0.628. The summed E-state index contributed by atoms with van der Waals surface area (Å²) in [4.78, 5) is 6.30. The SMILES string of the molecule is CN(C)c1ccc(-c2cc(-c3ccc(F)cc3)nc(N)c2C#N)cc1. The molecule has 0 bridgehead atoms. The molecule has 0 fully saturated rings. The number of nitrogens with two attached hydrogens (primary N) is 1. The molecule has 4 nitrogen and oxygen atoms in total. The molecular formula is C20H17FN4. The first-order chi connectivity index (χ1) is 12.0. The molecule has 25 heavy (non-hydrogen) atoms. The van der Waals surface area contributed by atoms with Crippen LogP contribution in [0, 0.1) is 17.1 Å². The van der Waals surface area contributed by atoms with E-state index in [9.17, 15) is 9.65 Å². The van der Waals surface area contributed by atoms with Crippen LogP contribution in [0.3, 0.4) is 0 Å². The van der Waals surface area contributed by atoms with Gasteiger partial charge in [-0.3, -0.25) is 0 Å². The van der Waals surface area contributed by atoms with Gasteiger partial charge in [0.05, 0.1) is 5.69 Å². The van der Waals surface area contributed by atoms with Crippen molar-refractivity contribution in [3.05, 3.63) is 66.0 Å². The largest absolute Gasteiger partial charge is 0.383 e. The number of nitrogen functional groups attached to an aromatic ring is 1. The number of benzene rings is 2. The monoisotopic (exact) mass is 332 g/mol. The van der Waals surface area contributed by atoms with Crippen LogP contribution in [0.4, 0.5) is 15.9 Å². The molecule has 5 heteroatoms. The van der Waals surface area contributed by atoms with E-state index in [0.29, 0.717) is 16.8 Å². The van der Waals surface area contributed by atoms with Crippen LogP contribution >= 0.6 is 0 Å². The lowest BCUT2D eigenvalue weighted by Gasteiger charge is -2.14. The summed E-state index contributed by atoms with van der Waals surface area (Å²) in [5.74, 6) is -0.152. The second-order valence-corrected chi connectivity index (χ2v) is 5.88. The Bertz CT molecular complexity index is 939. The molecule has 124 valence electrons. The molecule has 0 unspecified atom stereocenters. The second-order valence-electron chi connectivity index (χ2n) is 5.88. The highest BCUT2D eigenvalue weighted by Crippen LogP contribution is 2.32. The molecule has 0 aliphatic carbocycles. The van der Waals surface area contributed by atoms with Crippen molar-refractivity contribution in [2.24, 2.45) is 0 Å². The van der Waals surface area contributed by atoms with Crippen molar-refractivity contribution in [3.8, 4) is 28.5 Å². The van der Waals surface area contributed by atoms with Crippen LogP contribution in [-0.4, -0.2) is 19.1 Å². The molecule has 0 atom stereocenters. The molecule has 1 aromatic heterocycles. The van der Waals surface area contributed by atoms with Gasteiger partial charge in [-0.2, -0.15) is 5.26 Å². The molecule has 0 aliphatic heterocycles. The number of anilines is 2. The predicted octanol–water partition coefficient (Wildman–Crippen LogP) is 4.07. The van der Waals surface area contributed by atoms with E-state index >= 15 is 0 Å². The van der Waals surface area contributed by atoms with Crippen molar-refractivity contribution in [2.45, 2.75) is 0 Å². The van der Waals surface area contributed by atoms with Gasteiger partial charge in [0.2, 0.25) is 0 Å². The minimum absolute atomic E-state index is 0.163. The van der Waals surface area contributed by atoms with Crippen LogP contribution in [0.5, 0.6) is 0 Å². The number of hydrogen-bond donors (Lipinski definition) is 1. The molecule has 3 aromatic rings. The van der Waals surface area contributed by atoms with E-state index < -0.39 is 0 Å². The summed E-state index contributed by atoms with van der Waals surface area (Å²) in [6.07, 6.45) is 0. The third kappa shape index (κ3) is 3.29. The maximum atomic E-state index is 13.2. The molecule has 2 aromatic carbocycles. The zero-order valence-corrected chi connectivity index (χ0v) is 14.0. The van der Waals surface area contributed by atoms with Gasteiger partial charge in [0.15, 0.2) is 0 Å². The van der Waals surface area contributed by atoms with Gasteiger partial charge in [0, 0.05) is 30.9 Å². The molecule has 0 aliphatic rings. The van der Waals surface area contributed by atoms with Gasteiger partial charge >= 0.3 is 0 Å². The van der Waals surface area contributed by atoms with Crippen LogP contribution in [0.2, 0.25) is 0 Å². The van der Waals surface area contributed by atoms with Gasteiger partial charge in [-0.15, -0.1) is 0 Å². The topological polar surface area (TPSA) is 65.9 Å². The van der Waals surface area contributed by atoms with E-state index in [4.69, 9.17) is 5.73 Å². The number of pyridine rings is 1. The van der Waals surface area contributed by atoms with E-state index in [1.807, 2.05) is 49.3 Å². The standard InChI is InChI=1S/C20H17FN4/c1-25(2)16-9-5-13(6-10-16)17-11-19(24-20(23)18(17)12-22)14-3-7-15(21)8-4-14/h3-11H,1-2H3,(H2,23,24). The molecule has 3 rings (SSSR count). The molecule has 0 spiro atoms. The summed E-state index contributed by atoms with van der Waals surface area (Å²) in [7, 11) is 3.93. The number of nitrogens with zero attached hydrogens (tertiary/aromatic N) is 3. The maximum absolute atomic E-state index is 13.2. The van der Waals surface area contributed by atoms with Gasteiger partial charge in [-0.05, 0) is 48.0 Å². The molecule has 1 heterocycles. The second kappa shape index (κ2) is 6.62. The van der Waals surface area contributed by atoms with E-state index in [1.54, 1.807) is 12.1 Å². The Balaban J connectivity index is 2.14. The van der Waals surface area contributed by atoms with Crippen LogP contribution in [-0.2, 0) is 0 Å². The Labute approximate surface area is 146 Å². The molecule has 0 saturated heterocycles. The van der Waals surface area contributed by atoms with Crippen LogP contribution in [0.25, 0.3) is 22.4 Å². The average molecular weight is 332 g/mol. The van der Waals surface area contributed by atoms with E-state index in [0.717, 1.165) is 16.8 Å². The minimum atomic E-state index is -0.315. The Morgan fingerprint density at radius 2 is 1.60 bits per heavy atom. The van der Waals surface area contributed by atoms with Crippen LogP contribution in [0.15, 0.2) is 54.6 Å². The first-order valence-electron chi connectivity index (χ1n) is 7.74. The molecule has 0 radical (unpaired) electrons. The summed E-state index contributed by atoms with van der Waals surface area (Å²) < 4.78 is 13.2. The Kier molecular flexibility index (Phi) is 4.36. The van der Waals surface area contributed by atoms with Crippen molar-refractivity contribution >= 4 is 11.5 Å². The van der Waals surface area contributed by atoms with Gasteiger partial charge in [-0.25, -0.2) is 9.37 Å². The summed E-state index contributed by atoms with van der Waals surface area (Å²) >= 11 is 0. The summed E-state index contributed by atoms with van der Waals surface area (Å²) in [6.45, 7) is 0. The number of halogens is 1.